The number of rotatable bonds is 3. The topological polar surface area (TPSA) is 70.9 Å². The minimum atomic E-state index is -0.177. The Morgan fingerprint density at radius 1 is 1.50 bits per heavy atom. The monoisotopic (exact) mass is 248 g/mol. The number of aryl methyl sites for hydroxylation is 1. The first-order valence-corrected chi connectivity index (χ1v) is 5.92. The molecule has 1 aromatic carbocycles. The van der Waals surface area contributed by atoms with Gasteiger partial charge in [0.1, 0.15) is 5.75 Å². The molecule has 0 saturated carbocycles. The number of oxime groups is 1. The van der Waals surface area contributed by atoms with Gasteiger partial charge in [-0.2, -0.15) is 0 Å². The molecule has 0 heterocycles. The molecule has 0 unspecified atom stereocenters. The Labute approximate surface area is 105 Å². The molecule has 0 saturated heterocycles. The first-order valence-electron chi connectivity index (χ1n) is 5.92. The van der Waals surface area contributed by atoms with Gasteiger partial charge in [0, 0.05) is 12.6 Å². The van der Waals surface area contributed by atoms with Crippen molar-refractivity contribution in [2.24, 2.45) is 5.16 Å². The molecule has 18 heavy (non-hydrogen) atoms. The van der Waals surface area contributed by atoms with Crippen LogP contribution in [-0.4, -0.2) is 30.5 Å². The second kappa shape index (κ2) is 5.53. The van der Waals surface area contributed by atoms with Crippen molar-refractivity contribution >= 4 is 11.6 Å². The molecule has 1 aromatic rings. The van der Waals surface area contributed by atoms with Crippen molar-refractivity contribution in [1.29, 1.82) is 0 Å². The van der Waals surface area contributed by atoms with Crippen molar-refractivity contribution in [3.63, 3.8) is 0 Å². The summed E-state index contributed by atoms with van der Waals surface area (Å²) in [5.74, 6) is 0.434. The van der Waals surface area contributed by atoms with Gasteiger partial charge in [0.05, 0.1) is 5.71 Å². The lowest BCUT2D eigenvalue weighted by Crippen LogP contribution is -2.25. The lowest BCUT2D eigenvalue weighted by Gasteiger charge is -2.17. The van der Waals surface area contributed by atoms with Gasteiger partial charge in [0.25, 0.3) is 5.91 Å². The first-order chi connectivity index (χ1) is 8.74. The zero-order chi connectivity index (χ0) is 13.0. The van der Waals surface area contributed by atoms with E-state index in [2.05, 4.69) is 10.5 Å². The summed E-state index contributed by atoms with van der Waals surface area (Å²) < 4.78 is 5.37. The van der Waals surface area contributed by atoms with Crippen LogP contribution in [0.1, 0.15) is 24.0 Å². The Balaban J connectivity index is 2.17. The van der Waals surface area contributed by atoms with Gasteiger partial charge in [0.2, 0.25) is 0 Å². The van der Waals surface area contributed by atoms with E-state index in [1.54, 1.807) is 7.05 Å². The highest BCUT2D eigenvalue weighted by atomic mass is 16.5. The number of ether oxygens (including phenoxy) is 1. The van der Waals surface area contributed by atoms with E-state index in [4.69, 9.17) is 9.94 Å². The van der Waals surface area contributed by atoms with Crippen molar-refractivity contribution in [3.8, 4) is 5.75 Å². The van der Waals surface area contributed by atoms with Crippen molar-refractivity contribution in [1.82, 2.24) is 5.32 Å². The van der Waals surface area contributed by atoms with Gasteiger partial charge in [-0.25, -0.2) is 0 Å². The molecule has 0 fully saturated rings. The number of nitrogens with zero attached hydrogens (tertiary/aromatic N) is 1. The zero-order valence-electron chi connectivity index (χ0n) is 10.3. The summed E-state index contributed by atoms with van der Waals surface area (Å²) in [5, 5.41) is 14.8. The van der Waals surface area contributed by atoms with Crippen LogP contribution in [0, 0.1) is 0 Å². The number of fused-ring (bicyclic) bond motifs is 1. The number of hydrogen-bond acceptors (Lipinski definition) is 4. The molecule has 0 radical (unpaired) electrons. The van der Waals surface area contributed by atoms with Gasteiger partial charge < -0.3 is 15.3 Å². The van der Waals surface area contributed by atoms with Crippen LogP contribution in [0.3, 0.4) is 0 Å². The molecule has 5 nitrogen and oxygen atoms in total. The highest BCUT2D eigenvalue weighted by molar-refractivity contribution is 6.02. The fraction of sp³-hybridized carbons (Fsp3) is 0.385. The smallest absolute Gasteiger partial charge is 0.257 e. The van der Waals surface area contributed by atoms with Gasteiger partial charge in [-0.3, -0.25) is 4.79 Å². The van der Waals surface area contributed by atoms with Crippen LogP contribution in [0.2, 0.25) is 0 Å². The fourth-order valence-electron chi connectivity index (χ4n) is 2.04. The molecule has 0 aliphatic heterocycles. The van der Waals surface area contributed by atoms with Crippen molar-refractivity contribution < 1.29 is 14.7 Å². The zero-order valence-corrected chi connectivity index (χ0v) is 10.3. The van der Waals surface area contributed by atoms with E-state index in [0.29, 0.717) is 11.5 Å². The summed E-state index contributed by atoms with van der Waals surface area (Å²) in [4.78, 5) is 11.1. The molecule has 1 amide bonds. The molecule has 2 N–H and O–H groups in total. The number of carbonyl (C=O) groups excluding carboxylic acids is 1. The SMILES string of the molecule is CNC(=O)COc1ccc2c(c1)/C(=N\O)CCC2. The number of benzene rings is 1. The molecular weight excluding hydrogens is 232 g/mol. The van der Waals surface area contributed by atoms with Gasteiger partial charge in [-0.1, -0.05) is 11.2 Å². The van der Waals surface area contributed by atoms with Gasteiger partial charge >= 0.3 is 0 Å². The maximum absolute atomic E-state index is 11.1. The van der Waals surface area contributed by atoms with E-state index >= 15 is 0 Å². The molecular formula is C13H16N2O3. The third kappa shape index (κ3) is 2.61. The second-order valence-electron chi connectivity index (χ2n) is 4.18. The Morgan fingerprint density at radius 3 is 3.06 bits per heavy atom. The maximum atomic E-state index is 11.1. The summed E-state index contributed by atoms with van der Waals surface area (Å²) >= 11 is 0. The average Bonchev–Trinajstić information content (AvgIpc) is 2.43. The molecule has 1 aliphatic rings. The maximum Gasteiger partial charge on any atom is 0.257 e. The lowest BCUT2D eigenvalue weighted by atomic mass is 9.90. The van der Waals surface area contributed by atoms with Crippen LogP contribution in [0.15, 0.2) is 23.4 Å². The highest BCUT2D eigenvalue weighted by Crippen LogP contribution is 2.25. The minimum absolute atomic E-state index is 0.0130. The van der Waals surface area contributed by atoms with Crippen LogP contribution in [0.5, 0.6) is 5.75 Å². The van der Waals surface area contributed by atoms with Gasteiger partial charge in [0.15, 0.2) is 6.61 Å². The Hall–Kier alpha value is -2.04. The summed E-state index contributed by atoms with van der Waals surface area (Å²) in [7, 11) is 1.56. The van der Waals surface area contributed by atoms with E-state index in [0.717, 1.165) is 30.4 Å². The number of hydrogen-bond donors (Lipinski definition) is 2. The third-order valence-corrected chi connectivity index (χ3v) is 3.02. The highest BCUT2D eigenvalue weighted by Gasteiger charge is 2.16. The number of nitrogens with one attached hydrogen (secondary N) is 1. The number of amides is 1. The average molecular weight is 248 g/mol. The van der Waals surface area contributed by atoms with Crippen LogP contribution in [0.4, 0.5) is 0 Å². The summed E-state index contributed by atoms with van der Waals surface area (Å²) in [6, 6.07) is 5.62. The van der Waals surface area contributed by atoms with E-state index < -0.39 is 0 Å². The first kappa shape index (κ1) is 12.4. The Morgan fingerprint density at radius 2 is 2.33 bits per heavy atom. The minimum Gasteiger partial charge on any atom is -0.484 e. The number of carbonyl (C=O) groups is 1. The quantitative estimate of drug-likeness (QED) is 0.626. The normalized spacial score (nSPS) is 16.2. The molecule has 2 rings (SSSR count). The fourth-order valence-corrected chi connectivity index (χ4v) is 2.04. The van der Waals surface area contributed by atoms with Crippen LogP contribution in [-0.2, 0) is 11.2 Å². The summed E-state index contributed by atoms with van der Waals surface area (Å²) in [6.07, 6.45) is 2.73. The third-order valence-electron chi connectivity index (χ3n) is 3.02. The summed E-state index contributed by atoms with van der Waals surface area (Å²) in [6.45, 7) is -0.0130. The van der Waals surface area contributed by atoms with Gasteiger partial charge in [-0.05, 0) is 37.0 Å². The van der Waals surface area contributed by atoms with E-state index in [1.165, 1.54) is 0 Å². The largest absolute Gasteiger partial charge is 0.484 e. The molecule has 5 heteroatoms. The van der Waals surface area contributed by atoms with E-state index in [-0.39, 0.29) is 12.5 Å². The predicted octanol–water partition coefficient (Wildman–Crippen LogP) is 1.33. The summed E-state index contributed by atoms with van der Waals surface area (Å²) in [5.41, 5.74) is 2.75. The molecule has 0 spiro atoms. The van der Waals surface area contributed by atoms with E-state index in [9.17, 15) is 4.79 Å². The standard InChI is InChI=1S/C13H16N2O3/c1-14-13(16)8-18-10-6-5-9-3-2-4-12(15-17)11(9)7-10/h5-7,17H,2-4,8H2,1H3,(H,14,16)/b15-12-. The van der Waals surface area contributed by atoms with Crippen molar-refractivity contribution in [2.45, 2.75) is 19.3 Å². The Bertz CT molecular complexity index is 483. The van der Waals surface area contributed by atoms with Crippen LogP contribution in [0.25, 0.3) is 0 Å². The second-order valence-corrected chi connectivity index (χ2v) is 4.18. The van der Waals surface area contributed by atoms with Crippen LogP contribution >= 0.6 is 0 Å². The Kier molecular flexibility index (Phi) is 3.82. The lowest BCUT2D eigenvalue weighted by molar-refractivity contribution is -0.122. The van der Waals surface area contributed by atoms with Crippen LogP contribution < -0.4 is 10.1 Å². The molecule has 0 aromatic heterocycles. The molecule has 0 atom stereocenters. The molecule has 1 aliphatic carbocycles. The van der Waals surface area contributed by atoms with Crippen molar-refractivity contribution in [2.75, 3.05) is 13.7 Å². The van der Waals surface area contributed by atoms with Gasteiger partial charge in [-0.15, -0.1) is 0 Å². The number of likely N-dealkylation sites (N-methyl/N-ethyl adjacent to an activating group) is 1. The molecule has 96 valence electrons. The van der Waals surface area contributed by atoms with Crippen molar-refractivity contribution in [3.05, 3.63) is 29.3 Å². The van der Waals surface area contributed by atoms with E-state index in [1.807, 2.05) is 18.2 Å². The predicted molar refractivity (Wildman–Crippen MR) is 67.3 cm³/mol. The molecule has 0 bridgehead atoms.